The van der Waals surface area contributed by atoms with E-state index >= 15 is 0 Å². The highest BCUT2D eigenvalue weighted by molar-refractivity contribution is 7.89. The lowest BCUT2D eigenvalue weighted by Gasteiger charge is -2.15. The highest BCUT2D eigenvalue weighted by Gasteiger charge is 2.21. The van der Waals surface area contributed by atoms with Crippen molar-refractivity contribution in [1.29, 1.82) is 0 Å². The summed E-state index contributed by atoms with van der Waals surface area (Å²) < 4.78 is 32.4. The number of aromatic carboxylic acids is 1. The summed E-state index contributed by atoms with van der Waals surface area (Å²) in [5, 5.41) is 9.04. The molecule has 0 saturated carbocycles. The van der Waals surface area contributed by atoms with Gasteiger partial charge in [0.2, 0.25) is 10.0 Å². The van der Waals surface area contributed by atoms with Gasteiger partial charge in [-0.15, -0.1) is 0 Å². The molecule has 1 aromatic carbocycles. The monoisotopic (exact) mass is 315 g/mol. The number of benzene rings is 1. The minimum Gasteiger partial charge on any atom is -0.478 e. The summed E-state index contributed by atoms with van der Waals surface area (Å²) in [6.07, 6.45) is -0.256. The number of nitrogens with one attached hydrogen (secondary N) is 1. The number of rotatable bonds is 7. The fourth-order valence-corrected chi connectivity index (χ4v) is 3.33. The van der Waals surface area contributed by atoms with Gasteiger partial charge in [-0.1, -0.05) is 0 Å². The molecule has 0 saturated heterocycles. The first kappa shape index (κ1) is 17.6. The van der Waals surface area contributed by atoms with Crippen LogP contribution >= 0.6 is 0 Å². The molecule has 1 unspecified atom stereocenters. The zero-order chi connectivity index (χ0) is 16.2. The Balaban J connectivity index is 3.10. The van der Waals surface area contributed by atoms with Crippen LogP contribution < -0.4 is 4.72 Å². The number of ether oxygens (including phenoxy) is 1. The van der Waals surface area contributed by atoms with Crippen LogP contribution in [0.5, 0.6) is 0 Å². The molecule has 0 amide bonds. The molecule has 118 valence electrons. The summed E-state index contributed by atoms with van der Waals surface area (Å²) in [6.45, 7) is 7.55. The maximum Gasteiger partial charge on any atom is 0.335 e. The van der Waals surface area contributed by atoms with Gasteiger partial charge < -0.3 is 9.84 Å². The molecule has 21 heavy (non-hydrogen) atoms. The Kier molecular flexibility index (Phi) is 5.88. The molecule has 1 rings (SSSR count). The summed E-state index contributed by atoms with van der Waals surface area (Å²) in [5.74, 6) is -1.16. The number of sulfonamides is 1. The predicted octanol–water partition coefficient (Wildman–Crippen LogP) is 1.70. The fraction of sp³-hybridized carbons (Fsp3) is 0.500. The first-order valence-corrected chi connectivity index (χ1v) is 8.13. The molecule has 7 heteroatoms. The quantitative estimate of drug-likeness (QED) is 0.799. The Morgan fingerprint density at radius 1 is 1.38 bits per heavy atom. The van der Waals surface area contributed by atoms with E-state index < -0.39 is 16.0 Å². The Morgan fingerprint density at radius 3 is 2.52 bits per heavy atom. The molecular weight excluding hydrogens is 294 g/mol. The van der Waals surface area contributed by atoms with Crippen LogP contribution in [0.2, 0.25) is 0 Å². The SMILES string of the molecule is CCOC(C)CNS(=O)(=O)c1cc(C(=O)O)cc(C)c1C. The second-order valence-corrected chi connectivity index (χ2v) is 6.57. The van der Waals surface area contributed by atoms with Crippen molar-refractivity contribution in [1.82, 2.24) is 4.72 Å². The second-order valence-electron chi connectivity index (χ2n) is 4.84. The molecule has 1 aromatic rings. The van der Waals surface area contributed by atoms with E-state index in [9.17, 15) is 13.2 Å². The number of hydrogen-bond acceptors (Lipinski definition) is 4. The van der Waals surface area contributed by atoms with Crippen molar-refractivity contribution in [2.75, 3.05) is 13.2 Å². The Labute approximate surface area is 125 Å². The molecule has 0 radical (unpaired) electrons. The third-order valence-corrected chi connectivity index (χ3v) is 4.72. The standard InChI is InChI=1S/C14H21NO5S/c1-5-20-10(3)8-15-21(18,19)13-7-12(14(16)17)6-9(2)11(13)4/h6-7,10,15H,5,8H2,1-4H3,(H,16,17). The van der Waals surface area contributed by atoms with Gasteiger partial charge in [0.05, 0.1) is 16.6 Å². The summed E-state index contributed by atoms with van der Waals surface area (Å²) in [6, 6.07) is 2.64. The smallest absolute Gasteiger partial charge is 0.335 e. The molecule has 0 aliphatic rings. The van der Waals surface area contributed by atoms with Crippen molar-refractivity contribution in [3.63, 3.8) is 0 Å². The van der Waals surface area contributed by atoms with E-state index in [1.54, 1.807) is 20.8 Å². The Morgan fingerprint density at radius 2 is 2.00 bits per heavy atom. The van der Waals surface area contributed by atoms with Gasteiger partial charge >= 0.3 is 5.97 Å². The highest BCUT2D eigenvalue weighted by atomic mass is 32.2. The summed E-state index contributed by atoms with van der Waals surface area (Å²) in [7, 11) is -3.78. The van der Waals surface area contributed by atoms with Gasteiger partial charge in [0, 0.05) is 13.2 Å². The largest absolute Gasteiger partial charge is 0.478 e. The van der Waals surface area contributed by atoms with Crippen LogP contribution in [0.1, 0.15) is 35.3 Å². The zero-order valence-electron chi connectivity index (χ0n) is 12.6. The average molecular weight is 315 g/mol. The van der Waals surface area contributed by atoms with Crippen molar-refractivity contribution in [2.24, 2.45) is 0 Å². The lowest BCUT2D eigenvalue weighted by molar-refractivity contribution is 0.0696. The van der Waals surface area contributed by atoms with Crippen molar-refractivity contribution < 1.29 is 23.1 Å². The van der Waals surface area contributed by atoms with Crippen LogP contribution in [0.3, 0.4) is 0 Å². The van der Waals surface area contributed by atoms with Crippen molar-refractivity contribution >= 4 is 16.0 Å². The summed E-state index contributed by atoms with van der Waals surface area (Å²) in [4.78, 5) is 11.0. The lowest BCUT2D eigenvalue weighted by atomic mass is 10.1. The number of carbonyl (C=O) groups is 1. The molecule has 0 aliphatic carbocycles. The lowest BCUT2D eigenvalue weighted by Crippen LogP contribution is -2.32. The first-order chi connectivity index (χ1) is 9.69. The number of aryl methyl sites for hydroxylation is 1. The van der Waals surface area contributed by atoms with E-state index in [1.165, 1.54) is 12.1 Å². The Bertz CT molecular complexity index is 624. The predicted molar refractivity (Wildman–Crippen MR) is 79.2 cm³/mol. The molecule has 6 nitrogen and oxygen atoms in total. The zero-order valence-corrected chi connectivity index (χ0v) is 13.5. The van der Waals surface area contributed by atoms with E-state index in [0.717, 1.165) is 0 Å². The van der Waals surface area contributed by atoms with Crippen molar-refractivity contribution in [3.8, 4) is 0 Å². The number of carboxylic acid groups (broad SMARTS) is 1. The normalized spacial score (nSPS) is 13.1. The van der Waals surface area contributed by atoms with Crippen LogP contribution in [0, 0.1) is 13.8 Å². The molecule has 0 aromatic heterocycles. The molecule has 2 N–H and O–H groups in total. The third kappa shape index (κ3) is 4.52. The first-order valence-electron chi connectivity index (χ1n) is 6.64. The van der Waals surface area contributed by atoms with Crippen LogP contribution in [0.4, 0.5) is 0 Å². The molecule has 0 spiro atoms. The van der Waals surface area contributed by atoms with Gasteiger partial charge in [0.25, 0.3) is 0 Å². The molecular formula is C14H21NO5S. The van der Waals surface area contributed by atoms with Gasteiger partial charge in [-0.3, -0.25) is 0 Å². The Hall–Kier alpha value is -1.44. The molecule has 0 fully saturated rings. The number of carboxylic acids is 1. The van der Waals surface area contributed by atoms with Crippen molar-refractivity contribution in [2.45, 2.75) is 38.7 Å². The maximum absolute atomic E-state index is 12.3. The van der Waals surface area contributed by atoms with Gasteiger partial charge in [-0.25, -0.2) is 17.9 Å². The van der Waals surface area contributed by atoms with E-state index in [1.807, 2.05) is 6.92 Å². The second kappa shape index (κ2) is 7.02. The minimum atomic E-state index is -3.78. The summed E-state index contributed by atoms with van der Waals surface area (Å²) in [5.41, 5.74) is 1.11. The highest BCUT2D eigenvalue weighted by Crippen LogP contribution is 2.21. The minimum absolute atomic E-state index is 0.0106. The van der Waals surface area contributed by atoms with Crippen LogP contribution in [-0.4, -0.2) is 38.7 Å². The van der Waals surface area contributed by atoms with Crippen molar-refractivity contribution in [3.05, 3.63) is 28.8 Å². The maximum atomic E-state index is 12.3. The van der Waals surface area contributed by atoms with E-state index in [0.29, 0.717) is 17.7 Å². The molecule has 0 heterocycles. The van der Waals surface area contributed by atoms with E-state index in [4.69, 9.17) is 9.84 Å². The van der Waals surface area contributed by atoms with Gasteiger partial charge in [-0.05, 0) is 51.0 Å². The van der Waals surface area contributed by atoms with Crippen LogP contribution in [0.25, 0.3) is 0 Å². The van der Waals surface area contributed by atoms with Gasteiger partial charge in [0.1, 0.15) is 0 Å². The van der Waals surface area contributed by atoms with E-state index in [-0.39, 0.29) is 23.1 Å². The molecule has 0 aliphatic heterocycles. The van der Waals surface area contributed by atoms with Gasteiger partial charge in [0.15, 0.2) is 0 Å². The summed E-state index contributed by atoms with van der Waals surface area (Å²) >= 11 is 0. The van der Waals surface area contributed by atoms with Crippen LogP contribution in [-0.2, 0) is 14.8 Å². The average Bonchev–Trinajstić information content (AvgIpc) is 2.39. The topological polar surface area (TPSA) is 92.7 Å². The number of hydrogen-bond donors (Lipinski definition) is 2. The molecule has 0 bridgehead atoms. The van der Waals surface area contributed by atoms with Crippen LogP contribution in [0.15, 0.2) is 17.0 Å². The van der Waals surface area contributed by atoms with Gasteiger partial charge in [-0.2, -0.15) is 0 Å². The fourth-order valence-electron chi connectivity index (χ4n) is 1.88. The molecule has 1 atom stereocenters. The third-order valence-electron chi connectivity index (χ3n) is 3.17. The van der Waals surface area contributed by atoms with E-state index in [2.05, 4.69) is 4.72 Å².